The molecule has 0 atom stereocenters. The summed E-state index contributed by atoms with van der Waals surface area (Å²) < 4.78 is 0. The first kappa shape index (κ1) is 10.2. The Morgan fingerprint density at radius 2 is 2.14 bits per heavy atom. The zero-order valence-corrected chi connectivity index (χ0v) is 9.26. The van der Waals surface area contributed by atoms with E-state index in [0.29, 0.717) is 5.54 Å². The maximum Gasteiger partial charge on any atom is 0.0337 e. The Kier molecular flexibility index (Phi) is 3.24. The molecule has 1 saturated carbocycles. The van der Waals surface area contributed by atoms with Crippen LogP contribution >= 0.6 is 0 Å². The highest BCUT2D eigenvalue weighted by Gasteiger charge is 2.40. The van der Waals surface area contributed by atoms with Crippen molar-refractivity contribution in [2.24, 2.45) is 0 Å². The Labute approximate surface area is 87.4 Å². The molecule has 0 unspecified atom stereocenters. The summed E-state index contributed by atoms with van der Waals surface area (Å²) in [5.74, 6) is 0. The van der Waals surface area contributed by atoms with Gasteiger partial charge in [-0.3, -0.25) is 4.90 Å². The van der Waals surface area contributed by atoms with Crippen LogP contribution in [0.2, 0.25) is 0 Å². The van der Waals surface area contributed by atoms with Crippen molar-refractivity contribution in [1.82, 2.24) is 10.2 Å². The van der Waals surface area contributed by atoms with Crippen molar-refractivity contribution in [3.63, 3.8) is 0 Å². The van der Waals surface area contributed by atoms with Gasteiger partial charge >= 0.3 is 0 Å². The Morgan fingerprint density at radius 3 is 2.86 bits per heavy atom. The van der Waals surface area contributed by atoms with Gasteiger partial charge in [-0.2, -0.15) is 0 Å². The minimum atomic E-state index is 0.512. The summed E-state index contributed by atoms with van der Waals surface area (Å²) in [5, 5.41) is 3.56. The molecule has 1 N–H and O–H groups in total. The van der Waals surface area contributed by atoms with Crippen LogP contribution in [0.1, 0.15) is 32.6 Å². The van der Waals surface area contributed by atoms with Crippen LogP contribution in [0.5, 0.6) is 0 Å². The molecule has 2 nitrogen and oxygen atoms in total. The van der Waals surface area contributed by atoms with Gasteiger partial charge in [-0.25, -0.2) is 0 Å². The highest BCUT2D eigenvalue weighted by molar-refractivity contribution is 5.01. The second-order valence-electron chi connectivity index (χ2n) is 4.62. The molecule has 1 aliphatic carbocycles. The molecular formula is C12H22N2. The van der Waals surface area contributed by atoms with Gasteiger partial charge in [0.15, 0.2) is 0 Å². The normalized spacial score (nSPS) is 27.8. The zero-order valence-electron chi connectivity index (χ0n) is 9.26. The van der Waals surface area contributed by atoms with Gasteiger partial charge in [0.05, 0.1) is 0 Å². The molecule has 14 heavy (non-hydrogen) atoms. The number of hydrogen-bond donors (Lipinski definition) is 1. The molecule has 1 heterocycles. The first-order valence-corrected chi connectivity index (χ1v) is 5.94. The molecule has 0 amide bonds. The van der Waals surface area contributed by atoms with Crippen molar-refractivity contribution >= 4 is 0 Å². The van der Waals surface area contributed by atoms with E-state index in [-0.39, 0.29) is 0 Å². The van der Waals surface area contributed by atoms with E-state index >= 15 is 0 Å². The van der Waals surface area contributed by atoms with Gasteiger partial charge in [0.25, 0.3) is 0 Å². The fourth-order valence-corrected chi connectivity index (χ4v) is 2.93. The molecular weight excluding hydrogens is 172 g/mol. The molecule has 0 aromatic carbocycles. The third-order valence-electron chi connectivity index (χ3n) is 3.78. The molecule has 2 rings (SSSR count). The number of piperazine rings is 1. The maximum atomic E-state index is 3.56. The minimum Gasteiger partial charge on any atom is -0.314 e. The number of nitrogens with one attached hydrogen (secondary N) is 1. The summed E-state index contributed by atoms with van der Waals surface area (Å²) in [4.78, 5) is 2.69. The predicted molar refractivity (Wildman–Crippen MR) is 60.5 cm³/mol. The summed E-state index contributed by atoms with van der Waals surface area (Å²) in [5.41, 5.74) is 0.512. The Morgan fingerprint density at radius 1 is 1.36 bits per heavy atom. The van der Waals surface area contributed by atoms with Gasteiger partial charge in [0.1, 0.15) is 0 Å². The van der Waals surface area contributed by atoms with E-state index in [1.165, 1.54) is 45.3 Å². The highest BCUT2D eigenvalue weighted by Crippen LogP contribution is 2.35. The molecule has 0 aromatic rings. The van der Waals surface area contributed by atoms with E-state index in [1.54, 1.807) is 0 Å². The van der Waals surface area contributed by atoms with E-state index in [4.69, 9.17) is 0 Å². The topological polar surface area (TPSA) is 15.3 Å². The molecule has 2 fully saturated rings. The molecule has 0 aromatic heterocycles. The van der Waals surface area contributed by atoms with Gasteiger partial charge in [-0.05, 0) is 19.8 Å². The first-order chi connectivity index (χ1) is 6.87. The summed E-state index contributed by atoms with van der Waals surface area (Å²) in [6.07, 6.45) is 10.1. The lowest BCUT2D eigenvalue weighted by Crippen LogP contribution is -2.59. The summed E-state index contributed by atoms with van der Waals surface area (Å²) in [6, 6.07) is 0. The highest BCUT2D eigenvalue weighted by atomic mass is 15.3. The predicted octanol–water partition coefficient (Wildman–Crippen LogP) is 1.78. The van der Waals surface area contributed by atoms with Crippen molar-refractivity contribution in [3.8, 4) is 0 Å². The second kappa shape index (κ2) is 4.45. The van der Waals surface area contributed by atoms with Crippen molar-refractivity contribution in [2.45, 2.75) is 38.1 Å². The van der Waals surface area contributed by atoms with Crippen LogP contribution in [-0.2, 0) is 0 Å². The van der Waals surface area contributed by atoms with Crippen LogP contribution in [0, 0.1) is 0 Å². The molecule has 1 spiro atoms. The minimum absolute atomic E-state index is 0.512. The standard InChI is InChI=1S/C12H22N2/c1-2-3-9-14-10-8-13-11-12(14)6-4-5-7-12/h2-3,13H,4-11H2,1H3/b3-2+. The average molecular weight is 194 g/mol. The number of allylic oxidation sites excluding steroid dienone is 1. The van der Waals surface area contributed by atoms with Gasteiger partial charge in [0, 0.05) is 31.7 Å². The van der Waals surface area contributed by atoms with Crippen molar-refractivity contribution in [1.29, 1.82) is 0 Å². The molecule has 0 radical (unpaired) electrons. The third kappa shape index (κ3) is 1.86. The lowest BCUT2D eigenvalue weighted by atomic mass is 9.93. The van der Waals surface area contributed by atoms with Crippen molar-refractivity contribution < 1.29 is 0 Å². The van der Waals surface area contributed by atoms with Crippen molar-refractivity contribution in [3.05, 3.63) is 12.2 Å². The fraction of sp³-hybridized carbons (Fsp3) is 0.833. The van der Waals surface area contributed by atoms with Gasteiger partial charge in [-0.1, -0.05) is 25.0 Å². The van der Waals surface area contributed by atoms with E-state index in [0.717, 1.165) is 6.54 Å². The fourth-order valence-electron chi connectivity index (χ4n) is 2.93. The van der Waals surface area contributed by atoms with Crippen LogP contribution in [-0.4, -0.2) is 36.6 Å². The first-order valence-electron chi connectivity index (χ1n) is 5.94. The largest absolute Gasteiger partial charge is 0.314 e. The molecule has 2 aliphatic rings. The van der Waals surface area contributed by atoms with Gasteiger partial charge in [-0.15, -0.1) is 0 Å². The molecule has 2 heteroatoms. The molecule has 1 aliphatic heterocycles. The zero-order chi connectivity index (χ0) is 9.86. The Hall–Kier alpha value is -0.340. The van der Waals surface area contributed by atoms with E-state index in [2.05, 4.69) is 29.3 Å². The summed E-state index contributed by atoms with van der Waals surface area (Å²) in [7, 11) is 0. The van der Waals surface area contributed by atoms with Gasteiger partial charge in [0.2, 0.25) is 0 Å². The van der Waals surface area contributed by atoms with Crippen LogP contribution in [0.15, 0.2) is 12.2 Å². The van der Waals surface area contributed by atoms with Crippen molar-refractivity contribution in [2.75, 3.05) is 26.2 Å². The lowest BCUT2D eigenvalue weighted by molar-refractivity contribution is 0.0774. The van der Waals surface area contributed by atoms with Gasteiger partial charge < -0.3 is 5.32 Å². The number of hydrogen-bond acceptors (Lipinski definition) is 2. The Balaban J connectivity index is 2.02. The lowest BCUT2D eigenvalue weighted by Gasteiger charge is -2.45. The third-order valence-corrected chi connectivity index (χ3v) is 3.78. The SMILES string of the molecule is C/C=C/CN1CCNCC12CCCC2. The summed E-state index contributed by atoms with van der Waals surface area (Å²) in [6.45, 7) is 6.87. The van der Waals surface area contributed by atoms with E-state index < -0.39 is 0 Å². The van der Waals surface area contributed by atoms with Crippen LogP contribution in [0.3, 0.4) is 0 Å². The van der Waals surface area contributed by atoms with E-state index in [1.807, 2.05) is 0 Å². The Bertz CT molecular complexity index is 204. The van der Waals surface area contributed by atoms with Crippen LogP contribution in [0.25, 0.3) is 0 Å². The van der Waals surface area contributed by atoms with E-state index in [9.17, 15) is 0 Å². The van der Waals surface area contributed by atoms with Crippen LogP contribution in [0.4, 0.5) is 0 Å². The van der Waals surface area contributed by atoms with Crippen LogP contribution < -0.4 is 5.32 Å². The molecule has 80 valence electrons. The second-order valence-corrected chi connectivity index (χ2v) is 4.62. The summed E-state index contributed by atoms with van der Waals surface area (Å²) >= 11 is 0. The average Bonchev–Trinajstić information content (AvgIpc) is 2.66. The molecule has 1 saturated heterocycles. The quantitative estimate of drug-likeness (QED) is 0.674. The smallest absolute Gasteiger partial charge is 0.0337 e. The number of nitrogens with zero attached hydrogens (tertiary/aromatic N) is 1. The monoisotopic (exact) mass is 194 g/mol. The maximum absolute atomic E-state index is 3.56. The molecule has 0 bridgehead atoms. The number of rotatable bonds is 2.